The molecule has 6 nitrogen and oxygen atoms in total. The van der Waals surface area contributed by atoms with Gasteiger partial charge in [0.15, 0.2) is 11.5 Å². The highest BCUT2D eigenvalue weighted by molar-refractivity contribution is 7.13. The lowest BCUT2D eigenvalue weighted by Crippen LogP contribution is -2.05. The van der Waals surface area contributed by atoms with E-state index in [0.29, 0.717) is 12.2 Å². The van der Waals surface area contributed by atoms with Crippen LogP contribution in [0.25, 0.3) is 16.3 Å². The van der Waals surface area contributed by atoms with E-state index in [0.717, 1.165) is 33.9 Å². The molecule has 4 aromatic rings. The number of anilines is 1. The molecule has 0 spiro atoms. The zero-order chi connectivity index (χ0) is 16.5. The third-order valence-corrected chi connectivity index (χ3v) is 4.66. The van der Waals surface area contributed by atoms with Crippen molar-refractivity contribution in [1.82, 2.24) is 24.6 Å². The van der Waals surface area contributed by atoms with Crippen molar-refractivity contribution in [1.29, 1.82) is 0 Å². The van der Waals surface area contributed by atoms with E-state index in [1.165, 1.54) is 0 Å². The van der Waals surface area contributed by atoms with E-state index in [1.54, 1.807) is 15.9 Å². The predicted octanol–water partition coefficient (Wildman–Crippen LogP) is 2.98. The fourth-order valence-electron chi connectivity index (χ4n) is 2.65. The molecule has 4 rings (SSSR count). The van der Waals surface area contributed by atoms with Gasteiger partial charge in [-0.2, -0.15) is 19.6 Å². The lowest BCUT2D eigenvalue weighted by molar-refractivity contribution is 0.912. The maximum Gasteiger partial charge on any atom is 0.224 e. The second kappa shape index (κ2) is 6.01. The van der Waals surface area contributed by atoms with Crippen LogP contribution in [-0.2, 0) is 12.8 Å². The van der Waals surface area contributed by atoms with E-state index in [4.69, 9.17) is 5.73 Å². The molecule has 0 radical (unpaired) electrons. The molecule has 4 heterocycles. The molecular formula is C17H16N6S. The summed E-state index contributed by atoms with van der Waals surface area (Å²) in [6.07, 6.45) is 3.40. The van der Waals surface area contributed by atoms with Crippen LogP contribution in [0, 0.1) is 0 Å². The van der Waals surface area contributed by atoms with Crippen LogP contribution in [0.15, 0.2) is 41.9 Å². The number of rotatable bonds is 4. The first-order valence-corrected chi connectivity index (χ1v) is 8.61. The van der Waals surface area contributed by atoms with Crippen molar-refractivity contribution in [2.45, 2.75) is 19.8 Å². The van der Waals surface area contributed by atoms with Crippen LogP contribution in [-0.4, -0.2) is 24.6 Å². The molecule has 24 heavy (non-hydrogen) atoms. The van der Waals surface area contributed by atoms with Crippen molar-refractivity contribution >= 4 is 22.9 Å². The van der Waals surface area contributed by atoms with Crippen LogP contribution in [0.1, 0.15) is 23.9 Å². The normalized spacial score (nSPS) is 11.2. The minimum Gasteiger partial charge on any atom is -0.368 e. The number of fused-ring (bicyclic) bond motifs is 1. The molecule has 0 unspecified atom stereocenters. The Morgan fingerprint density at radius 2 is 1.96 bits per heavy atom. The van der Waals surface area contributed by atoms with E-state index in [9.17, 15) is 0 Å². The Morgan fingerprint density at radius 3 is 2.75 bits per heavy atom. The lowest BCUT2D eigenvalue weighted by atomic mass is 10.1. The molecule has 0 bridgehead atoms. The van der Waals surface area contributed by atoms with Gasteiger partial charge in [-0.1, -0.05) is 19.1 Å². The molecule has 0 atom stereocenters. The fourth-order valence-corrected chi connectivity index (χ4v) is 3.35. The number of nitrogens with zero attached hydrogens (tertiary/aromatic N) is 5. The molecule has 0 aliphatic heterocycles. The van der Waals surface area contributed by atoms with Gasteiger partial charge in [0.25, 0.3) is 0 Å². The molecule has 120 valence electrons. The number of thiophene rings is 1. The van der Waals surface area contributed by atoms with Crippen molar-refractivity contribution in [2.75, 3.05) is 5.73 Å². The van der Waals surface area contributed by atoms with Gasteiger partial charge >= 0.3 is 0 Å². The van der Waals surface area contributed by atoms with Crippen LogP contribution in [0.4, 0.5) is 5.95 Å². The van der Waals surface area contributed by atoms with E-state index >= 15 is 0 Å². The quantitative estimate of drug-likeness (QED) is 0.619. The standard InChI is InChI=1S/C17H16N6S/c1-2-12-5-3-6-13(20-12)9-11-10-19-23-15(11)21-17(18)22-16(23)14-7-4-8-24-14/h3-8,10H,2,9H2,1H3,(H2,18,21). The van der Waals surface area contributed by atoms with Gasteiger partial charge < -0.3 is 5.73 Å². The maximum atomic E-state index is 5.92. The van der Waals surface area contributed by atoms with Gasteiger partial charge in [0.1, 0.15) is 0 Å². The van der Waals surface area contributed by atoms with Crippen molar-refractivity contribution in [3.05, 3.63) is 58.9 Å². The summed E-state index contributed by atoms with van der Waals surface area (Å²) in [7, 11) is 0. The molecular weight excluding hydrogens is 320 g/mol. The molecule has 0 saturated carbocycles. The van der Waals surface area contributed by atoms with Gasteiger partial charge in [0.05, 0.1) is 11.1 Å². The van der Waals surface area contributed by atoms with Gasteiger partial charge in [-0.05, 0) is 30.0 Å². The van der Waals surface area contributed by atoms with Crippen molar-refractivity contribution in [2.24, 2.45) is 0 Å². The summed E-state index contributed by atoms with van der Waals surface area (Å²) in [6, 6.07) is 10.1. The number of hydrogen-bond donors (Lipinski definition) is 1. The Labute approximate surface area is 143 Å². The zero-order valence-electron chi connectivity index (χ0n) is 13.2. The summed E-state index contributed by atoms with van der Waals surface area (Å²) in [4.78, 5) is 14.4. The monoisotopic (exact) mass is 336 g/mol. The first-order valence-electron chi connectivity index (χ1n) is 7.73. The maximum absolute atomic E-state index is 5.92. The number of aryl methyl sites for hydroxylation is 1. The Hall–Kier alpha value is -2.80. The molecule has 0 aliphatic carbocycles. The third kappa shape index (κ3) is 2.63. The van der Waals surface area contributed by atoms with Crippen LogP contribution in [0.3, 0.4) is 0 Å². The second-order valence-corrected chi connectivity index (χ2v) is 6.39. The molecule has 0 aliphatic rings. The molecule has 2 N–H and O–H groups in total. The number of pyridine rings is 1. The number of aromatic nitrogens is 5. The highest BCUT2D eigenvalue weighted by atomic mass is 32.1. The topological polar surface area (TPSA) is 82.0 Å². The van der Waals surface area contributed by atoms with Gasteiger partial charge in [-0.3, -0.25) is 4.98 Å². The molecule has 0 amide bonds. The summed E-state index contributed by atoms with van der Waals surface area (Å²) in [5, 5.41) is 6.47. The Morgan fingerprint density at radius 1 is 1.08 bits per heavy atom. The van der Waals surface area contributed by atoms with Gasteiger partial charge in [-0.25, -0.2) is 0 Å². The predicted molar refractivity (Wildman–Crippen MR) is 94.9 cm³/mol. The van der Waals surface area contributed by atoms with Crippen LogP contribution in [0.5, 0.6) is 0 Å². The summed E-state index contributed by atoms with van der Waals surface area (Å²) < 4.78 is 1.75. The van der Waals surface area contributed by atoms with Crippen molar-refractivity contribution < 1.29 is 0 Å². The largest absolute Gasteiger partial charge is 0.368 e. The zero-order valence-corrected chi connectivity index (χ0v) is 14.0. The van der Waals surface area contributed by atoms with Gasteiger partial charge in [0.2, 0.25) is 5.95 Å². The van der Waals surface area contributed by atoms with E-state index in [1.807, 2.05) is 41.9 Å². The number of nitrogen functional groups attached to an aromatic ring is 1. The average molecular weight is 336 g/mol. The van der Waals surface area contributed by atoms with Crippen molar-refractivity contribution in [3.63, 3.8) is 0 Å². The minimum atomic E-state index is 0.253. The van der Waals surface area contributed by atoms with Gasteiger partial charge in [0, 0.05) is 23.4 Å². The summed E-state index contributed by atoms with van der Waals surface area (Å²) in [6.45, 7) is 2.10. The lowest BCUT2D eigenvalue weighted by Gasteiger charge is -2.04. The third-order valence-electron chi connectivity index (χ3n) is 3.80. The first kappa shape index (κ1) is 14.8. The molecule has 0 saturated heterocycles. The Balaban J connectivity index is 1.80. The van der Waals surface area contributed by atoms with Crippen molar-refractivity contribution in [3.8, 4) is 10.7 Å². The van der Waals surface area contributed by atoms with Crippen LogP contribution >= 0.6 is 11.3 Å². The number of nitrogens with two attached hydrogens (primary N) is 1. The second-order valence-electron chi connectivity index (χ2n) is 5.44. The summed E-state index contributed by atoms with van der Waals surface area (Å²) >= 11 is 1.60. The van der Waals surface area contributed by atoms with Gasteiger partial charge in [-0.15, -0.1) is 11.3 Å². The summed E-state index contributed by atoms with van der Waals surface area (Å²) in [5.41, 5.74) is 9.72. The highest BCUT2D eigenvalue weighted by Gasteiger charge is 2.14. The van der Waals surface area contributed by atoms with E-state index in [2.05, 4.69) is 27.0 Å². The Kier molecular flexibility index (Phi) is 3.70. The Bertz CT molecular complexity index is 990. The van der Waals surface area contributed by atoms with Crippen LogP contribution in [0.2, 0.25) is 0 Å². The first-order chi connectivity index (χ1) is 11.7. The SMILES string of the molecule is CCc1cccc(Cc2cnn3c(-c4cccs4)nc(N)nc23)n1. The minimum absolute atomic E-state index is 0.253. The molecule has 7 heteroatoms. The molecule has 0 aromatic carbocycles. The number of hydrogen-bond acceptors (Lipinski definition) is 6. The fraction of sp³-hybridized carbons (Fsp3) is 0.176. The van der Waals surface area contributed by atoms with Crippen LogP contribution < -0.4 is 5.73 Å². The highest BCUT2D eigenvalue weighted by Crippen LogP contribution is 2.25. The van der Waals surface area contributed by atoms with E-state index in [-0.39, 0.29) is 5.95 Å². The average Bonchev–Trinajstić information content (AvgIpc) is 3.25. The molecule has 0 fully saturated rings. The summed E-state index contributed by atoms with van der Waals surface area (Å²) in [5.74, 6) is 0.969. The molecule has 4 aromatic heterocycles. The van der Waals surface area contributed by atoms with E-state index < -0.39 is 0 Å². The smallest absolute Gasteiger partial charge is 0.224 e.